The summed E-state index contributed by atoms with van der Waals surface area (Å²) in [5.74, 6) is -0.127. The highest BCUT2D eigenvalue weighted by Crippen LogP contribution is 2.29. The minimum atomic E-state index is -0.897. The largest absolute Gasteiger partial charge is 0.478 e. The number of aromatic carboxylic acids is 1. The second-order valence-corrected chi connectivity index (χ2v) is 5.59. The Hall–Kier alpha value is -1.45. The third-order valence-electron chi connectivity index (χ3n) is 2.76. The highest BCUT2D eigenvalue weighted by Gasteiger charge is 2.07. The van der Waals surface area contributed by atoms with Crippen LogP contribution < -0.4 is 0 Å². The maximum atomic E-state index is 10.9. The summed E-state index contributed by atoms with van der Waals surface area (Å²) in [5, 5.41) is 9.68. The van der Waals surface area contributed by atoms with Crippen molar-refractivity contribution in [1.82, 2.24) is 0 Å². The number of rotatable bonds is 4. The average Bonchev–Trinajstić information content (AvgIpc) is 2.39. The van der Waals surface area contributed by atoms with Gasteiger partial charge in [-0.15, -0.1) is 11.8 Å². The summed E-state index contributed by atoms with van der Waals surface area (Å²) >= 11 is 7.76. The number of hydrogen-bond donors (Lipinski definition) is 1. The van der Waals surface area contributed by atoms with Crippen molar-refractivity contribution in [3.63, 3.8) is 0 Å². The van der Waals surface area contributed by atoms with E-state index in [0.29, 0.717) is 5.56 Å². The van der Waals surface area contributed by atoms with Crippen molar-refractivity contribution in [1.29, 1.82) is 0 Å². The van der Waals surface area contributed by atoms with Crippen LogP contribution in [-0.2, 0) is 5.75 Å². The molecule has 0 aliphatic heterocycles. The van der Waals surface area contributed by atoms with Crippen molar-refractivity contribution in [2.24, 2.45) is 0 Å². The molecule has 0 fully saturated rings. The van der Waals surface area contributed by atoms with Crippen molar-refractivity contribution in [2.75, 3.05) is 0 Å². The van der Waals surface area contributed by atoms with E-state index in [1.54, 1.807) is 23.9 Å². The standard InChI is InChI=1S/C15H13ClO2S/c1-10-8-11(15(17)18)6-7-14(10)19-9-12-4-2-3-5-13(12)16/h2-8H,9H2,1H3,(H,17,18). The van der Waals surface area contributed by atoms with E-state index < -0.39 is 5.97 Å². The smallest absolute Gasteiger partial charge is 0.335 e. The first-order valence-corrected chi connectivity index (χ1v) is 7.14. The molecule has 0 atom stereocenters. The highest BCUT2D eigenvalue weighted by atomic mass is 35.5. The number of halogens is 1. The van der Waals surface area contributed by atoms with Gasteiger partial charge in [-0.25, -0.2) is 4.79 Å². The molecule has 1 N–H and O–H groups in total. The van der Waals surface area contributed by atoms with E-state index >= 15 is 0 Å². The van der Waals surface area contributed by atoms with E-state index in [9.17, 15) is 4.79 Å². The van der Waals surface area contributed by atoms with E-state index in [-0.39, 0.29) is 0 Å². The zero-order valence-corrected chi connectivity index (χ0v) is 12.0. The van der Waals surface area contributed by atoms with Gasteiger partial charge in [0.25, 0.3) is 0 Å². The van der Waals surface area contributed by atoms with E-state index in [1.807, 2.05) is 37.3 Å². The van der Waals surface area contributed by atoms with Gasteiger partial charge < -0.3 is 5.11 Å². The topological polar surface area (TPSA) is 37.3 Å². The van der Waals surface area contributed by atoms with Gasteiger partial charge in [0.2, 0.25) is 0 Å². The van der Waals surface area contributed by atoms with Crippen molar-refractivity contribution in [2.45, 2.75) is 17.6 Å². The average molecular weight is 293 g/mol. The fraction of sp³-hybridized carbons (Fsp3) is 0.133. The predicted octanol–water partition coefficient (Wildman–Crippen LogP) is 4.64. The molecule has 0 saturated heterocycles. The SMILES string of the molecule is Cc1cc(C(=O)O)ccc1SCc1ccccc1Cl. The van der Waals surface area contributed by atoms with E-state index in [1.165, 1.54) is 0 Å². The van der Waals surface area contributed by atoms with Crippen molar-refractivity contribution < 1.29 is 9.90 Å². The number of benzene rings is 2. The zero-order valence-electron chi connectivity index (χ0n) is 10.4. The van der Waals surface area contributed by atoms with E-state index in [2.05, 4.69) is 0 Å². The van der Waals surface area contributed by atoms with Crippen molar-refractivity contribution >= 4 is 29.3 Å². The van der Waals surface area contributed by atoms with E-state index in [0.717, 1.165) is 26.8 Å². The molecule has 0 aromatic heterocycles. The molecule has 0 spiro atoms. The lowest BCUT2D eigenvalue weighted by molar-refractivity contribution is 0.0696. The third kappa shape index (κ3) is 3.52. The molecule has 0 radical (unpaired) electrons. The van der Waals surface area contributed by atoms with Gasteiger partial charge in [-0.2, -0.15) is 0 Å². The van der Waals surface area contributed by atoms with Gasteiger partial charge in [0.15, 0.2) is 0 Å². The lowest BCUT2D eigenvalue weighted by Gasteiger charge is -2.07. The van der Waals surface area contributed by atoms with Crippen LogP contribution in [0.5, 0.6) is 0 Å². The Kier molecular flexibility index (Phi) is 4.51. The summed E-state index contributed by atoms with van der Waals surface area (Å²) in [6, 6.07) is 12.9. The Morgan fingerprint density at radius 1 is 1.26 bits per heavy atom. The van der Waals surface area contributed by atoms with Gasteiger partial charge in [-0.3, -0.25) is 0 Å². The minimum absolute atomic E-state index is 0.319. The van der Waals surface area contributed by atoms with Crippen LogP contribution in [0.4, 0.5) is 0 Å². The Balaban J connectivity index is 2.12. The molecule has 0 unspecified atom stereocenters. The monoisotopic (exact) mass is 292 g/mol. The van der Waals surface area contributed by atoms with Gasteiger partial charge in [-0.1, -0.05) is 29.8 Å². The van der Waals surface area contributed by atoms with Crippen molar-refractivity contribution in [3.8, 4) is 0 Å². The Labute approximate surface area is 121 Å². The predicted molar refractivity (Wildman–Crippen MR) is 79.2 cm³/mol. The van der Waals surface area contributed by atoms with Crippen LogP contribution in [0.1, 0.15) is 21.5 Å². The number of carbonyl (C=O) groups is 1. The normalized spacial score (nSPS) is 10.4. The molecule has 0 bridgehead atoms. The Morgan fingerprint density at radius 2 is 2.00 bits per heavy atom. The van der Waals surface area contributed by atoms with Gasteiger partial charge in [0.1, 0.15) is 0 Å². The van der Waals surface area contributed by atoms with Crippen molar-refractivity contribution in [3.05, 3.63) is 64.2 Å². The summed E-state index contributed by atoms with van der Waals surface area (Å²) in [6.07, 6.45) is 0. The number of thioether (sulfide) groups is 1. The molecule has 0 saturated carbocycles. The molecule has 2 aromatic carbocycles. The van der Waals surface area contributed by atoms with Gasteiger partial charge >= 0.3 is 5.97 Å². The van der Waals surface area contributed by atoms with Crippen LogP contribution in [0, 0.1) is 6.92 Å². The van der Waals surface area contributed by atoms with Gasteiger partial charge in [0.05, 0.1) is 5.56 Å². The van der Waals surface area contributed by atoms with Gasteiger partial charge in [0, 0.05) is 15.7 Å². The Morgan fingerprint density at radius 3 is 2.63 bits per heavy atom. The number of aryl methyl sites for hydroxylation is 1. The first kappa shape index (κ1) is 14.0. The first-order valence-electron chi connectivity index (χ1n) is 5.78. The second-order valence-electron chi connectivity index (χ2n) is 4.17. The quantitative estimate of drug-likeness (QED) is 0.834. The van der Waals surface area contributed by atoms with Crippen LogP contribution in [0.25, 0.3) is 0 Å². The van der Waals surface area contributed by atoms with Crippen LogP contribution in [0.2, 0.25) is 5.02 Å². The van der Waals surface area contributed by atoms with Gasteiger partial charge in [-0.05, 0) is 42.3 Å². The summed E-state index contributed by atoms with van der Waals surface area (Å²) in [7, 11) is 0. The molecule has 0 heterocycles. The molecule has 2 rings (SSSR count). The molecule has 2 aromatic rings. The number of hydrogen-bond acceptors (Lipinski definition) is 2. The minimum Gasteiger partial charge on any atom is -0.478 e. The van der Waals surface area contributed by atoms with E-state index in [4.69, 9.17) is 16.7 Å². The molecular formula is C15H13ClO2S. The summed E-state index contributed by atoms with van der Waals surface area (Å²) in [5.41, 5.74) is 2.37. The molecule has 19 heavy (non-hydrogen) atoms. The van der Waals surface area contributed by atoms with Crippen LogP contribution in [0.3, 0.4) is 0 Å². The summed E-state index contributed by atoms with van der Waals surface area (Å²) < 4.78 is 0. The van der Waals surface area contributed by atoms with Crippen LogP contribution >= 0.6 is 23.4 Å². The van der Waals surface area contributed by atoms with Crippen LogP contribution in [-0.4, -0.2) is 11.1 Å². The summed E-state index contributed by atoms with van der Waals surface area (Å²) in [4.78, 5) is 11.9. The number of carboxylic acid groups (broad SMARTS) is 1. The fourth-order valence-electron chi connectivity index (χ4n) is 1.72. The molecule has 0 amide bonds. The molecule has 0 aliphatic carbocycles. The fourth-order valence-corrected chi connectivity index (χ4v) is 3.01. The number of carboxylic acids is 1. The maximum Gasteiger partial charge on any atom is 0.335 e. The summed E-state index contributed by atoms with van der Waals surface area (Å²) in [6.45, 7) is 1.92. The zero-order chi connectivity index (χ0) is 13.8. The lowest BCUT2D eigenvalue weighted by atomic mass is 10.1. The molecule has 4 heteroatoms. The third-order valence-corrected chi connectivity index (χ3v) is 4.36. The highest BCUT2D eigenvalue weighted by molar-refractivity contribution is 7.98. The maximum absolute atomic E-state index is 10.9. The second kappa shape index (κ2) is 6.13. The Bertz CT molecular complexity index is 611. The lowest BCUT2D eigenvalue weighted by Crippen LogP contribution is -1.96. The van der Waals surface area contributed by atoms with Crippen LogP contribution in [0.15, 0.2) is 47.4 Å². The molecule has 0 aliphatic rings. The molecule has 98 valence electrons. The molecule has 2 nitrogen and oxygen atoms in total. The molecular weight excluding hydrogens is 280 g/mol. The first-order chi connectivity index (χ1) is 9.08.